The second-order valence-electron chi connectivity index (χ2n) is 4.29. The summed E-state index contributed by atoms with van der Waals surface area (Å²) in [5, 5.41) is 3.39. The third-order valence-corrected chi connectivity index (χ3v) is 3.64. The van der Waals surface area contributed by atoms with Crippen LogP contribution in [0, 0.1) is 0 Å². The molecule has 2 aromatic rings. The van der Waals surface area contributed by atoms with E-state index in [0.29, 0.717) is 11.7 Å². The molecular formula is C13H15ClF3N3OS. The molecule has 2 rings (SSSR count). The van der Waals surface area contributed by atoms with Crippen LogP contribution in [0.15, 0.2) is 24.4 Å². The molecule has 122 valence electrons. The number of nitrogen functional groups attached to an aromatic ring is 1. The molecule has 0 fully saturated rings. The summed E-state index contributed by atoms with van der Waals surface area (Å²) in [5.74, 6) is 0.182. The van der Waals surface area contributed by atoms with E-state index in [4.69, 9.17) is 10.5 Å². The van der Waals surface area contributed by atoms with E-state index in [0.717, 1.165) is 10.9 Å². The number of alkyl halides is 3. The zero-order chi connectivity index (χ0) is 15.5. The first-order valence-corrected chi connectivity index (χ1v) is 6.87. The van der Waals surface area contributed by atoms with E-state index in [1.807, 2.05) is 0 Å². The molecule has 0 saturated carbocycles. The Morgan fingerprint density at radius 1 is 1.32 bits per heavy atom. The van der Waals surface area contributed by atoms with E-state index >= 15 is 0 Å². The van der Waals surface area contributed by atoms with Crippen LogP contribution in [0.4, 0.5) is 18.3 Å². The van der Waals surface area contributed by atoms with Gasteiger partial charge in [-0.2, -0.15) is 13.2 Å². The standard InChI is InChI=1S/C13H14F3N3OS.ClH/c1-20-9-3-2-8(11(4-9)13(14,15)16)5-18-6-10-7-19-12(17)21-10;/h2-4,7,18H,5-6H2,1H3,(H2,17,19);1H. The van der Waals surface area contributed by atoms with Crippen molar-refractivity contribution in [1.82, 2.24) is 10.3 Å². The minimum Gasteiger partial charge on any atom is -0.497 e. The van der Waals surface area contributed by atoms with Crippen molar-refractivity contribution >= 4 is 28.9 Å². The van der Waals surface area contributed by atoms with E-state index in [1.165, 1.54) is 30.6 Å². The summed E-state index contributed by atoms with van der Waals surface area (Å²) in [6, 6.07) is 3.92. The molecule has 0 unspecified atom stereocenters. The summed E-state index contributed by atoms with van der Waals surface area (Å²) in [4.78, 5) is 4.75. The minimum absolute atomic E-state index is 0. The van der Waals surface area contributed by atoms with Crippen molar-refractivity contribution in [3.05, 3.63) is 40.4 Å². The van der Waals surface area contributed by atoms with Crippen LogP contribution < -0.4 is 15.8 Å². The molecule has 9 heteroatoms. The van der Waals surface area contributed by atoms with Crippen molar-refractivity contribution in [3.8, 4) is 5.75 Å². The van der Waals surface area contributed by atoms with E-state index in [9.17, 15) is 13.2 Å². The van der Waals surface area contributed by atoms with Gasteiger partial charge in [0.25, 0.3) is 0 Å². The molecular weight excluding hydrogens is 339 g/mol. The molecule has 0 amide bonds. The molecule has 0 radical (unpaired) electrons. The molecule has 3 N–H and O–H groups in total. The Morgan fingerprint density at radius 2 is 2.05 bits per heavy atom. The summed E-state index contributed by atoms with van der Waals surface area (Å²) < 4.78 is 43.9. The second-order valence-corrected chi connectivity index (χ2v) is 5.44. The number of aromatic nitrogens is 1. The molecule has 1 heterocycles. The lowest BCUT2D eigenvalue weighted by molar-refractivity contribution is -0.138. The number of benzene rings is 1. The first kappa shape index (κ1) is 18.5. The predicted octanol–water partition coefficient (Wildman–Crippen LogP) is 3.46. The van der Waals surface area contributed by atoms with Gasteiger partial charge in [0.15, 0.2) is 5.13 Å². The molecule has 0 aliphatic heterocycles. The number of hydrogen-bond donors (Lipinski definition) is 2. The Bertz CT molecular complexity index is 619. The number of halogens is 4. The van der Waals surface area contributed by atoms with Gasteiger partial charge in [0.2, 0.25) is 0 Å². The molecule has 22 heavy (non-hydrogen) atoms. The Morgan fingerprint density at radius 3 is 2.59 bits per heavy atom. The summed E-state index contributed by atoms with van der Waals surface area (Å²) >= 11 is 1.30. The van der Waals surface area contributed by atoms with Crippen molar-refractivity contribution < 1.29 is 17.9 Å². The Balaban J connectivity index is 0.00000242. The van der Waals surface area contributed by atoms with Crippen LogP contribution in [0.1, 0.15) is 16.0 Å². The molecule has 4 nitrogen and oxygen atoms in total. The Labute approximate surface area is 135 Å². The van der Waals surface area contributed by atoms with E-state index in [-0.39, 0.29) is 30.3 Å². The SMILES string of the molecule is COc1ccc(CNCc2cnc(N)s2)c(C(F)(F)F)c1.Cl. The van der Waals surface area contributed by atoms with Crippen molar-refractivity contribution in [1.29, 1.82) is 0 Å². The largest absolute Gasteiger partial charge is 0.497 e. The van der Waals surface area contributed by atoms with Gasteiger partial charge in [0.05, 0.1) is 12.7 Å². The molecule has 0 saturated heterocycles. The fourth-order valence-electron chi connectivity index (χ4n) is 1.83. The van der Waals surface area contributed by atoms with Crippen LogP contribution in [-0.2, 0) is 19.3 Å². The van der Waals surface area contributed by atoms with Crippen molar-refractivity contribution in [2.45, 2.75) is 19.3 Å². The molecule has 0 aliphatic carbocycles. The minimum atomic E-state index is -4.42. The summed E-state index contributed by atoms with van der Waals surface area (Å²) in [6.07, 6.45) is -2.81. The highest BCUT2D eigenvalue weighted by Crippen LogP contribution is 2.34. The fraction of sp³-hybridized carbons (Fsp3) is 0.308. The topological polar surface area (TPSA) is 60.2 Å². The number of hydrogen-bond acceptors (Lipinski definition) is 5. The molecule has 0 atom stereocenters. The lowest BCUT2D eigenvalue weighted by Gasteiger charge is -2.14. The number of nitrogens with zero attached hydrogens (tertiary/aromatic N) is 1. The van der Waals surface area contributed by atoms with Crippen LogP contribution in [-0.4, -0.2) is 12.1 Å². The maximum atomic E-state index is 13.0. The number of ether oxygens (including phenoxy) is 1. The van der Waals surface area contributed by atoms with Gasteiger partial charge in [-0.1, -0.05) is 6.07 Å². The summed E-state index contributed by atoms with van der Waals surface area (Å²) in [6.45, 7) is 0.509. The molecule has 1 aromatic carbocycles. The van der Waals surface area contributed by atoms with Crippen molar-refractivity contribution in [2.24, 2.45) is 0 Å². The third-order valence-electron chi connectivity index (χ3n) is 2.81. The van der Waals surface area contributed by atoms with Gasteiger partial charge in [0.1, 0.15) is 5.75 Å². The van der Waals surface area contributed by atoms with Gasteiger partial charge in [-0.15, -0.1) is 23.7 Å². The highest BCUT2D eigenvalue weighted by Gasteiger charge is 2.33. The molecule has 0 spiro atoms. The van der Waals surface area contributed by atoms with E-state index < -0.39 is 11.7 Å². The first-order valence-electron chi connectivity index (χ1n) is 6.05. The Kier molecular flexibility index (Phi) is 6.46. The quantitative estimate of drug-likeness (QED) is 0.864. The average molecular weight is 354 g/mol. The number of thiazole rings is 1. The van der Waals surface area contributed by atoms with Crippen LogP contribution in [0.3, 0.4) is 0 Å². The van der Waals surface area contributed by atoms with Gasteiger partial charge < -0.3 is 15.8 Å². The van der Waals surface area contributed by atoms with Gasteiger partial charge in [-0.3, -0.25) is 0 Å². The highest BCUT2D eigenvalue weighted by molar-refractivity contribution is 7.15. The number of anilines is 1. The summed E-state index contributed by atoms with van der Waals surface area (Å²) in [7, 11) is 1.33. The number of methoxy groups -OCH3 is 1. The van der Waals surface area contributed by atoms with Gasteiger partial charge >= 0.3 is 6.18 Å². The average Bonchev–Trinajstić information content (AvgIpc) is 2.83. The predicted molar refractivity (Wildman–Crippen MR) is 82.3 cm³/mol. The fourth-order valence-corrected chi connectivity index (χ4v) is 2.48. The maximum absolute atomic E-state index is 13.0. The normalized spacial score (nSPS) is 11.1. The van der Waals surface area contributed by atoms with Crippen LogP contribution in [0.25, 0.3) is 0 Å². The van der Waals surface area contributed by atoms with Crippen LogP contribution in [0.2, 0.25) is 0 Å². The van der Waals surface area contributed by atoms with Gasteiger partial charge in [-0.25, -0.2) is 4.98 Å². The van der Waals surface area contributed by atoms with Crippen LogP contribution in [0.5, 0.6) is 5.75 Å². The van der Waals surface area contributed by atoms with E-state index in [2.05, 4.69) is 10.3 Å². The van der Waals surface area contributed by atoms with Gasteiger partial charge in [-0.05, 0) is 17.7 Å². The highest BCUT2D eigenvalue weighted by atomic mass is 35.5. The zero-order valence-corrected chi connectivity index (χ0v) is 13.2. The zero-order valence-electron chi connectivity index (χ0n) is 11.6. The molecule has 0 aliphatic rings. The number of rotatable bonds is 5. The van der Waals surface area contributed by atoms with Crippen molar-refractivity contribution in [2.75, 3.05) is 12.8 Å². The van der Waals surface area contributed by atoms with Crippen LogP contribution >= 0.6 is 23.7 Å². The molecule has 0 bridgehead atoms. The summed E-state index contributed by atoms with van der Waals surface area (Å²) in [5.41, 5.74) is 4.96. The number of nitrogens with two attached hydrogens (primary N) is 1. The monoisotopic (exact) mass is 353 g/mol. The molecule has 1 aromatic heterocycles. The van der Waals surface area contributed by atoms with Gasteiger partial charge in [0, 0.05) is 24.2 Å². The smallest absolute Gasteiger partial charge is 0.416 e. The lowest BCUT2D eigenvalue weighted by Crippen LogP contribution is -2.17. The van der Waals surface area contributed by atoms with E-state index in [1.54, 1.807) is 6.20 Å². The maximum Gasteiger partial charge on any atom is 0.416 e. The second kappa shape index (κ2) is 7.66. The Hall–Kier alpha value is -1.51. The van der Waals surface area contributed by atoms with Crippen molar-refractivity contribution in [3.63, 3.8) is 0 Å². The number of nitrogens with one attached hydrogen (secondary N) is 1. The first-order chi connectivity index (χ1) is 9.90. The third kappa shape index (κ3) is 4.75. The lowest BCUT2D eigenvalue weighted by atomic mass is 10.1.